The van der Waals surface area contributed by atoms with E-state index in [2.05, 4.69) is 6.92 Å². The molecule has 0 spiro atoms. The van der Waals surface area contributed by atoms with Gasteiger partial charge in [0.25, 0.3) is 0 Å². The van der Waals surface area contributed by atoms with Gasteiger partial charge in [0.15, 0.2) is 0 Å². The Hall–Kier alpha value is -0.0400. The van der Waals surface area contributed by atoms with Crippen molar-refractivity contribution >= 4 is 0 Å². The second-order valence-corrected chi connectivity index (χ2v) is 4.10. The van der Waals surface area contributed by atoms with Crippen molar-refractivity contribution in [2.45, 2.75) is 39.0 Å². The van der Waals surface area contributed by atoms with Crippen LogP contribution >= 0.6 is 0 Å². The fraction of sp³-hybridized carbons (Fsp3) is 1.00. The molecule has 2 fully saturated rings. The SMILES string of the molecule is CCC1(C2CC2)CCOCC1. The van der Waals surface area contributed by atoms with E-state index in [1.165, 1.54) is 32.1 Å². The maximum atomic E-state index is 5.40. The molecule has 2 rings (SSSR count). The van der Waals surface area contributed by atoms with Crippen molar-refractivity contribution < 1.29 is 4.74 Å². The van der Waals surface area contributed by atoms with Gasteiger partial charge in [-0.1, -0.05) is 13.3 Å². The summed E-state index contributed by atoms with van der Waals surface area (Å²) in [7, 11) is 0. The van der Waals surface area contributed by atoms with E-state index < -0.39 is 0 Å². The molecule has 0 bridgehead atoms. The van der Waals surface area contributed by atoms with Crippen molar-refractivity contribution in [1.29, 1.82) is 0 Å². The Labute approximate surface area is 69.1 Å². The van der Waals surface area contributed by atoms with Crippen LogP contribution in [-0.2, 0) is 4.74 Å². The Balaban J connectivity index is 2.01. The molecule has 1 heteroatoms. The van der Waals surface area contributed by atoms with E-state index in [9.17, 15) is 0 Å². The quantitative estimate of drug-likeness (QED) is 0.594. The lowest BCUT2D eigenvalue weighted by atomic mass is 9.74. The van der Waals surface area contributed by atoms with Crippen LogP contribution in [-0.4, -0.2) is 13.2 Å². The fourth-order valence-corrected chi connectivity index (χ4v) is 2.52. The highest BCUT2D eigenvalue weighted by atomic mass is 16.5. The van der Waals surface area contributed by atoms with E-state index in [0.717, 1.165) is 19.1 Å². The van der Waals surface area contributed by atoms with Gasteiger partial charge >= 0.3 is 0 Å². The van der Waals surface area contributed by atoms with E-state index in [1.807, 2.05) is 0 Å². The van der Waals surface area contributed by atoms with Crippen LogP contribution in [0, 0.1) is 11.3 Å². The van der Waals surface area contributed by atoms with E-state index >= 15 is 0 Å². The molecule has 0 unspecified atom stereocenters. The third-order valence-electron chi connectivity index (χ3n) is 3.64. The minimum atomic E-state index is 0.707. The van der Waals surface area contributed by atoms with Gasteiger partial charge in [-0.2, -0.15) is 0 Å². The third-order valence-corrected chi connectivity index (χ3v) is 3.64. The second-order valence-electron chi connectivity index (χ2n) is 4.10. The van der Waals surface area contributed by atoms with Crippen LogP contribution in [0.3, 0.4) is 0 Å². The van der Waals surface area contributed by atoms with Gasteiger partial charge in [0, 0.05) is 13.2 Å². The average Bonchev–Trinajstić information content (AvgIpc) is 2.88. The van der Waals surface area contributed by atoms with Crippen LogP contribution in [0.25, 0.3) is 0 Å². The Bertz CT molecular complexity index is 132. The number of hydrogen-bond acceptors (Lipinski definition) is 1. The van der Waals surface area contributed by atoms with Crippen molar-refractivity contribution in [3.63, 3.8) is 0 Å². The summed E-state index contributed by atoms with van der Waals surface area (Å²) in [5.41, 5.74) is 0.707. The summed E-state index contributed by atoms with van der Waals surface area (Å²) in [6.07, 6.45) is 7.02. The lowest BCUT2D eigenvalue weighted by molar-refractivity contribution is 0.000438. The summed E-state index contributed by atoms with van der Waals surface area (Å²) >= 11 is 0. The van der Waals surface area contributed by atoms with Crippen LogP contribution in [0.15, 0.2) is 0 Å². The zero-order valence-electron chi connectivity index (χ0n) is 7.44. The number of ether oxygens (including phenoxy) is 1. The molecule has 0 atom stereocenters. The minimum absolute atomic E-state index is 0.707. The van der Waals surface area contributed by atoms with E-state index in [0.29, 0.717) is 5.41 Å². The van der Waals surface area contributed by atoms with Crippen LogP contribution in [0.1, 0.15) is 39.0 Å². The van der Waals surface area contributed by atoms with Gasteiger partial charge in [0.1, 0.15) is 0 Å². The zero-order chi connectivity index (χ0) is 7.73. The van der Waals surface area contributed by atoms with Gasteiger partial charge in [-0.3, -0.25) is 0 Å². The normalized spacial score (nSPS) is 30.3. The Morgan fingerprint density at radius 1 is 1.27 bits per heavy atom. The molecule has 0 aromatic heterocycles. The molecule has 64 valence electrons. The van der Waals surface area contributed by atoms with Crippen molar-refractivity contribution in [1.82, 2.24) is 0 Å². The van der Waals surface area contributed by atoms with Crippen LogP contribution in [0.5, 0.6) is 0 Å². The molecular formula is C10H18O. The molecule has 11 heavy (non-hydrogen) atoms. The van der Waals surface area contributed by atoms with Crippen molar-refractivity contribution in [2.24, 2.45) is 11.3 Å². The Morgan fingerprint density at radius 2 is 1.91 bits per heavy atom. The number of rotatable bonds is 2. The molecule has 2 aliphatic rings. The van der Waals surface area contributed by atoms with Gasteiger partial charge in [0.2, 0.25) is 0 Å². The minimum Gasteiger partial charge on any atom is -0.381 e. The Kier molecular flexibility index (Phi) is 1.92. The summed E-state index contributed by atoms with van der Waals surface area (Å²) in [5, 5.41) is 0. The first-order valence-corrected chi connectivity index (χ1v) is 4.95. The highest BCUT2D eigenvalue weighted by molar-refractivity contribution is 4.94. The first-order valence-electron chi connectivity index (χ1n) is 4.95. The molecule has 1 aliphatic carbocycles. The van der Waals surface area contributed by atoms with E-state index in [1.54, 1.807) is 0 Å². The van der Waals surface area contributed by atoms with Gasteiger partial charge in [-0.25, -0.2) is 0 Å². The lowest BCUT2D eigenvalue weighted by Crippen LogP contribution is -2.30. The molecule has 0 aromatic carbocycles. The summed E-state index contributed by atoms with van der Waals surface area (Å²) in [6, 6.07) is 0. The summed E-state index contributed by atoms with van der Waals surface area (Å²) in [6.45, 7) is 4.39. The molecule has 1 aliphatic heterocycles. The molecule has 1 nitrogen and oxygen atoms in total. The molecule has 0 amide bonds. The summed E-state index contributed by atoms with van der Waals surface area (Å²) in [5.74, 6) is 1.07. The zero-order valence-corrected chi connectivity index (χ0v) is 7.44. The van der Waals surface area contributed by atoms with Crippen LogP contribution < -0.4 is 0 Å². The maximum Gasteiger partial charge on any atom is 0.0471 e. The molecule has 0 radical (unpaired) electrons. The second kappa shape index (κ2) is 2.78. The predicted molar refractivity (Wildman–Crippen MR) is 45.5 cm³/mol. The monoisotopic (exact) mass is 154 g/mol. The number of hydrogen-bond donors (Lipinski definition) is 0. The van der Waals surface area contributed by atoms with Crippen LogP contribution in [0.2, 0.25) is 0 Å². The van der Waals surface area contributed by atoms with Gasteiger partial charge < -0.3 is 4.74 Å². The van der Waals surface area contributed by atoms with Gasteiger partial charge in [-0.15, -0.1) is 0 Å². The predicted octanol–water partition coefficient (Wildman–Crippen LogP) is 2.60. The van der Waals surface area contributed by atoms with Crippen molar-refractivity contribution in [2.75, 3.05) is 13.2 Å². The smallest absolute Gasteiger partial charge is 0.0471 e. The van der Waals surface area contributed by atoms with E-state index in [-0.39, 0.29) is 0 Å². The first kappa shape index (κ1) is 7.60. The molecule has 0 N–H and O–H groups in total. The molecular weight excluding hydrogens is 136 g/mol. The third kappa shape index (κ3) is 1.31. The molecule has 1 heterocycles. The van der Waals surface area contributed by atoms with Crippen molar-refractivity contribution in [3.8, 4) is 0 Å². The van der Waals surface area contributed by atoms with Crippen LogP contribution in [0.4, 0.5) is 0 Å². The molecule has 0 aromatic rings. The maximum absolute atomic E-state index is 5.40. The largest absolute Gasteiger partial charge is 0.381 e. The van der Waals surface area contributed by atoms with Gasteiger partial charge in [-0.05, 0) is 37.0 Å². The molecule has 1 saturated heterocycles. The van der Waals surface area contributed by atoms with Crippen molar-refractivity contribution in [3.05, 3.63) is 0 Å². The standard InChI is InChI=1S/C10H18O/c1-2-10(9-3-4-9)5-7-11-8-6-10/h9H,2-8H2,1H3. The summed E-state index contributed by atoms with van der Waals surface area (Å²) in [4.78, 5) is 0. The Morgan fingerprint density at radius 3 is 2.36 bits per heavy atom. The topological polar surface area (TPSA) is 9.23 Å². The average molecular weight is 154 g/mol. The van der Waals surface area contributed by atoms with E-state index in [4.69, 9.17) is 4.74 Å². The summed E-state index contributed by atoms with van der Waals surface area (Å²) < 4.78 is 5.40. The highest BCUT2D eigenvalue weighted by Gasteiger charge is 2.44. The highest BCUT2D eigenvalue weighted by Crippen LogP contribution is 2.53. The van der Waals surface area contributed by atoms with Gasteiger partial charge in [0.05, 0.1) is 0 Å². The fourth-order valence-electron chi connectivity index (χ4n) is 2.52. The molecule has 1 saturated carbocycles. The lowest BCUT2D eigenvalue weighted by Gasteiger charge is -2.36. The first-order chi connectivity index (χ1) is 5.37.